The van der Waals surface area contributed by atoms with Crippen LogP contribution in [0, 0.1) is 11.8 Å². The van der Waals surface area contributed by atoms with Gasteiger partial charge in [-0.2, -0.15) is 0 Å². The van der Waals surface area contributed by atoms with E-state index < -0.39 is 0 Å². The first-order valence-corrected chi connectivity index (χ1v) is 8.26. The van der Waals surface area contributed by atoms with Gasteiger partial charge in [0.05, 0.1) is 5.92 Å². The molecule has 0 aromatic carbocycles. The summed E-state index contributed by atoms with van der Waals surface area (Å²) in [5.41, 5.74) is 5.80. The second-order valence-corrected chi connectivity index (χ2v) is 6.45. The predicted molar refractivity (Wildman–Crippen MR) is 78.8 cm³/mol. The van der Waals surface area contributed by atoms with Crippen molar-refractivity contribution in [2.45, 2.75) is 70.8 Å². The van der Waals surface area contributed by atoms with Crippen molar-refractivity contribution >= 4 is 5.91 Å². The number of carbonyl (C=O) groups is 1. The molecule has 3 nitrogen and oxygen atoms in total. The van der Waals surface area contributed by atoms with Crippen molar-refractivity contribution in [2.24, 2.45) is 17.6 Å². The topological polar surface area (TPSA) is 46.3 Å². The fourth-order valence-corrected chi connectivity index (χ4v) is 3.38. The third-order valence-electron chi connectivity index (χ3n) is 4.72. The van der Waals surface area contributed by atoms with E-state index in [0.717, 1.165) is 25.3 Å². The Kier molecular flexibility index (Phi) is 5.68. The third-order valence-corrected chi connectivity index (χ3v) is 4.72. The summed E-state index contributed by atoms with van der Waals surface area (Å²) in [6.45, 7) is 3.66. The first-order chi connectivity index (χ1) is 9.26. The van der Waals surface area contributed by atoms with E-state index in [1.807, 2.05) is 0 Å². The van der Waals surface area contributed by atoms with Crippen LogP contribution in [-0.2, 0) is 4.79 Å². The lowest BCUT2D eigenvalue weighted by molar-refractivity contribution is -0.137. The van der Waals surface area contributed by atoms with Crippen LogP contribution in [0.2, 0.25) is 0 Å². The maximum Gasteiger partial charge on any atom is 0.227 e. The van der Waals surface area contributed by atoms with Gasteiger partial charge < -0.3 is 10.6 Å². The SMILES string of the molecule is CCCC(CN)C(=O)N(CC1CCCCC1)C1CC1. The van der Waals surface area contributed by atoms with Gasteiger partial charge in [0.2, 0.25) is 5.91 Å². The molecule has 0 spiro atoms. The van der Waals surface area contributed by atoms with E-state index in [1.54, 1.807) is 0 Å². The zero-order valence-electron chi connectivity index (χ0n) is 12.4. The normalized spacial score (nSPS) is 22.2. The van der Waals surface area contributed by atoms with Gasteiger partial charge in [-0.15, -0.1) is 0 Å². The maximum atomic E-state index is 12.7. The van der Waals surface area contributed by atoms with Crippen molar-refractivity contribution in [3.8, 4) is 0 Å². The monoisotopic (exact) mass is 266 g/mol. The van der Waals surface area contributed by atoms with Crippen LogP contribution in [0.15, 0.2) is 0 Å². The Labute approximate surface area is 117 Å². The molecule has 0 aromatic heterocycles. The van der Waals surface area contributed by atoms with Gasteiger partial charge in [-0.25, -0.2) is 0 Å². The Balaban J connectivity index is 1.92. The molecule has 110 valence electrons. The molecular weight excluding hydrogens is 236 g/mol. The highest BCUT2D eigenvalue weighted by molar-refractivity contribution is 5.79. The van der Waals surface area contributed by atoms with Crippen molar-refractivity contribution < 1.29 is 4.79 Å². The second-order valence-electron chi connectivity index (χ2n) is 6.45. The molecule has 2 N–H and O–H groups in total. The van der Waals surface area contributed by atoms with E-state index in [-0.39, 0.29) is 5.92 Å². The highest BCUT2D eigenvalue weighted by atomic mass is 16.2. The van der Waals surface area contributed by atoms with Crippen LogP contribution in [0.25, 0.3) is 0 Å². The second kappa shape index (κ2) is 7.28. The van der Waals surface area contributed by atoms with Crippen LogP contribution in [0.5, 0.6) is 0 Å². The summed E-state index contributed by atoms with van der Waals surface area (Å²) >= 11 is 0. The molecule has 3 heteroatoms. The van der Waals surface area contributed by atoms with E-state index in [1.165, 1.54) is 44.9 Å². The number of nitrogens with two attached hydrogens (primary N) is 1. The van der Waals surface area contributed by atoms with Gasteiger partial charge in [-0.05, 0) is 38.0 Å². The van der Waals surface area contributed by atoms with E-state index in [9.17, 15) is 4.79 Å². The number of nitrogens with zero attached hydrogens (tertiary/aromatic N) is 1. The summed E-state index contributed by atoms with van der Waals surface area (Å²) < 4.78 is 0. The summed E-state index contributed by atoms with van der Waals surface area (Å²) in [7, 11) is 0. The summed E-state index contributed by atoms with van der Waals surface area (Å²) in [6.07, 6.45) is 11.1. The summed E-state index contributed by atoms with van der Waals surface area (Å²) in [6, 6.07) is 0.542. The van der Waals surface area contributed by atoms with E-state index in [0.29, 0.717) is 18.5 Å². The molecular formula is C16H30N2O. The third kappa shape index (κ3) is 4.20. The van der Waals surface area contributed by atoms with Crippen molar-refractivity contribution in [3.63, 3.8) is 0 Å². The van der Waals surface area contributed by atoms with Crippen molar-refractivity contribution in [2.75, 3.05) is 13.1 Å². The molecule has 0 heterocycles. The number of hydrogen-bond acceptors (Lipinski definition) is 2. The molecule has 0 bridgehead atoms. The molecule has 2 fully saturated rings. The van der Waals surface area contributed by atoms with Gasteiger partial charge in [0.25, 0.3) is 0 Å². The smallest absolute Gasteiger partial charge is 0.227 e. The fourth-order valence-electron chi connectivity index (χ4n) is 3.38. The molecule has 1 amide bonds. The molecule has 2 aliphatic carbocycles. The minimum absolute atomic E-state index is 0.0641. The molecule has 0 aromatic rings. The van der Waals surface area contributed by atoms with Crippen molar-refractivity contribution in [1.82, 2.24) is 4.90 Å². The summed E-state index contributed by atoms with van der Waals surface area (Å²) in [5, 5.41) is 0. The van der Waals surface area contributed by atoms with Gasteiger partial charge in [-0.3, -0.25) is 4.79 Å². The van der Waals surface area contributed by atoms with Crippen LogP contribution in [0.1, 0.15) is 64.7 Å². The summed E-state index contributed by atoms with van der Waals surface area (Å²) in [5.74, 6) is 1.16. The zero-order valence-corrected chi connectivity index (χ0v) is 12.4. The summed E-state index contributed by atoms with van der Waals surface area (Å²) in [4.78, 5) is 14.9. The average Bonchev–Trinajstić information content (AvgIpc) is 3.27. The molecule has 2 aliphatic rings. The van der Waals surface area contributed by atoms with Crippen molar-refractivity contribution in [3.05, 3.63) is 0 Å². The average molecular weight is 266 g/mol. The van der Waals surface area contributed by atoms with Crippen LogP contribution in [-0.4, -0.2) is 29.9 Å². The van der Waals surface area contributed by atoms with Gasteiger partial charge in [0, 0.05) is 19.1 Å². The van der Waals surface area contributed by atoms with E-state index in [4.69, 9.17) is 5.73 Å². The Hall–Kier alpha value is -0.570. The highest BCUT2D eigenvalue weighted by Crippen LogP contribution is 2.32. The first-order valence-electron chi connectivity index (χ1n) is 8.26. The molecule has 19 heavy (non-hydrogen) atoms. The number of amides is 1. The molecule has 0 aliphatic heterocycles. The highest BCUT2D eigenvalue weighted by Gasteiger charge is 2.36. The standard InChI is InChI=1S/C16H30N2O/c1-2-6-14(11-17)16(19)18(15-9-10-15)12-13-7-4-3-5-8-13/h13-15H,2-12,17H2,1H3. The van der Waals surface area contributed by atoms with Crippen LogP contribution in [0.4, 0.5) is 0 Å². The Morgan fingerprint density at radius 2 is 1.89 bits per heavy atom. The first kappa shape index (κ1) is 14.8. The minimum Gasteiger partial charge on any atom is -0.339 e. The van der Waals surface area contributed by atoms with Gasteiger partial charge in [0.15, 0.2) is 0 Å². The van der Waals surface area contributed by atoms with E-state index >= 15 is 0 Å². The number of rotatable bonds is 7. The van der Waals surface area contributed by atoms with Gasteiger partial charge in [-0.1, -0.05) is 32.6 Å². The van der Waals surface area contributed by atoms with Gasteiger partial charge in [0.1, 0.15) is 0 Å². The Morgan fingerprint density at radius 3 is 2.42 bits per heavy atom. The molecule has 1 unspecified atom stereocenters. The predicted octanol–water partition coefficient (Wildman–Crippen LogP) is 2.93. The molecule has 2 rings (SSSR count). The Bertz CT molecular complexity index is 282. The lowest BCUT2D eigenvalue weighted by Crippen LogP contribution is -2.43. The number of carbonyl (C=O) groups excluding carboxylic acids is 1. The number of hydrogen-bond donors (Lipinski definition) is 1. The zero-order chi connectivity index (χ0) is 13.7. The lowest BCUT2D eigenvalue weighted by Gasteiger charge is -2.32. The molecule has 0 saturated heterocycles. The molecule has 0 radical (unpaired) electrons. The Morgan fingerprint density at radius 1 is 1.21 bits per heavy atom. The molecule has 1 atom stereocenters. The van der Waals surface area contributed by atoms with Gasteiger partial charge >= 0.3 is 0 Å². The lowest BCUT2D eigenvalue weighted by atomic mass is 9.88. The maximum absolute atomic E-state index is 12.7. The van der Waals surface area contributed by atoms with E-state index in [2.05, 4.69) is 11.8 Å². The quantitative estimate of drug-likeness (QED) is 0.770. The largest absolute Gasteiger partial charge is 0.339 e. The van der Waals surface area contributed by atoms with Crippen LogP contribution >= 0.6 is 0 Å². The van der Waals surface area contributed by atoms with Crippen LogP contribution < -0.4 is 5.73 Å². The molecule has 2 saturated carbocycles. The van der Waals surface area contributed by atoms with Crippen molar-refractivity contribution in [1.29, 1.82) is 0 Å². The fraction of sp³-hybridized carbons (Fsp3) is 0.938. The van der Waals surface area contributed by atoms with Crippen LogP contribution in [0.3, 0.4) is 0 Å². The minimum atomic E-state index is 0.0641.